The molecule has 0 radical (unpaired) electrons. The highest BCUT2D eigenvalue weighted by atomic mass is 19.1. The molecule has 0 aromatic carbocycles. The first kappa shape index (κ1) is 31.5. The molecule has 4 N–H and O–H groups in total. The summed E-state index contributed by atoms with van der Waals surface area (Å²) in [6.07, 6.45) is 7.51. The first-order chi connectivity index (χ1) is 20.5. The van der Waals surface area contributed by atoms with Crippen molar-refractivity contribution in [2.45, 2.75) is 83.4 Å². The third-order valence-corrected chi connectivity index (χ3v) is 8.00. The Hall–Kier alpha value is -3.41. The third-order valence-electron chi connectivity index (χ3n) is 8.00. The highest BCUT2D eigenvalue weighted by Crippen LogP contribution is 2.46. The van der Waals surface area contributed by atoms with Gasteiger partial charge in [-0.15, -0.1) is 0 Å². The third kappa shape index (κ3) is 7.32. The predicted octanol–water partition coefficient (Wildman–Crippen LogP) is 4.69. The lowest BCUT2D eigenvalue weighted by molar-refractivity contribution is -0.165. The topological polar surface area (TPSA) is 134 Å². The van der Waals surface area contributed by atoms with E-state index in [0.29, 0.717) is 86.2 Å². The molecule has 10 nitrogen and oxygen atoms in total. The Morgan fingerprint density at radius 2 is 1.93 bits per heavy atom. The number of rotatable bonds is 14. The van der Waals surface area contributed by atoms with Crippen molar-refractivity contribution in [2.24, 2.45) is 5.73 Å². The van der Waals surface area contributed by atoms with Crippen molar-refractivity contribution in [2.75, 3.05) is 31.7 Å². The second-order valence-corrected chi connectivity index (χ2v) is 10.5. The van der Waals surface area contributed by atoms with Gasteiger partial charge in [0.15, 0.2) is 11.6 Å². The maximum absolute atomic E-state index is 15.0. The Balaban J connectivity index is 0.00000198. The number of anilines is 1. The van der Waals surface area contributed by atoms with Crippen LogP contribution in [0.3, 0.4) is 0 Å². The van der Waals surface area contributed by atoms with E-state index in [1.54, 1.807) is 6.07 Å². The van der Waals surface area contributed by atoms with Gasteiger partial charge in [-0.3, -0.25) is 9.78 Å². The van der Waals surface area contributed by atoms with Crippen LogP contribution in [0.25, 0.3) is 11.0 Å². The number of hydrogen-bond donors (Lipinski definition) is 3. The molecule has 3 aromatic rings. The van der Waals surface area contributed by atoms with Crippen molar-refractivity contribution in [1.82, 2.24) is 20.3 Å². The molecule has 6 rings (SSSR count). The Kier molecular flexibility index (Phi) is 11.0. The summed E-state index contributed by atoms with van der Waals surface area (Å²) in [7, 11) is 0. The van der Waals surface area contributed by atoms with Gasteiger partial charge in [-0.05, 0) is 76.6 Å². The van der Waals surface area contributed by atoms with E-state index in [0.717, 1.165) is 37.8 Å². The molecule has 5 heterocycles. The van der Waals surface area contributed by atoms with Gasteiger partial charge < -0.3 is 30.6 Å². The highest BCUT2D eigenvalue weighted by molar-refractivity contribution is 5.78. The van der Waals surface area contributed by atoms with E-state index in [4.69, 9.17) is 19.9 Å². The van der Waals surface area contributed by atoms with Gasteiger partial charge in [0.25, 0.3) is 0 Å². The fraction of sp³-hybridized carbons (Fsp3) is 0.548. The molecule has 0 spiro atoms. The van der Waals surface area contributed by atoms with E-state index < -0.39 is 0 Å². The summed E-state index contributed by atoms with van der Waals surface area (Å²) in [5, 5.41) is 6.28. The van der Waals surface area contributed by atoms with E-state index in [9.17, 15) is 9.18 Å². The first-order valence-corrected chi connectivity index (χ1v) is 15.0. The van der Waals surface area contributed by atoms with Crippen LogP contribution >= 0.6 is 0 Å². The summed E-state index contributed by atoms with van der Waals surface area (Å²) >= 11 is 0. The van der Waals surface area contributed by atoms with Crippen molar-refractivity contribution in [3.8, 4) is 11.6 Å². The normalized spacial score (nSPS) is 21.0. The lowest BCUT2D eigenvalue weighted by Gasteiger charge is -2.53. The SMILES string of the molecule is CC.CCOc1ccc(CNC23CCC(CCc4c(F)cnc5ccc(OCCCN)nc45)(CC2)OC3)nc1NC=O. The zero-order valence-corrected chi connectivity index (χ0v) is 24.9. The molecule has 2 bridgehead atoms. The molecule has 0 atom stereocenters. The lowest BCUT2D eigenvalue weighted by atomic mass is 9.69. The molecule has 228 valence electrons. The number of nitrogens with two attached hydrogens (primary N) is 1. The van der Waals surface area contributed by atoms with Crippen LogP contribution in [-0.2, 0) is 22.5 Å². The maximum Gasteiger partial charge on any atom is 0.213 e. The number of amides is 1. The second-order valence-electron chi connectivity index (χ2n) is 10.5. The fourth-order valence-electron chi connectivity index (χ4n) is 5.62. The number of ether oxygens (including phenoxy) is 3. The summed E-state index contributed by atoms with van der Waals surface area (Å²) in [6, 6.07) is 7.30. The van der Waals surface area contributed by atoms with E-state index in [1.807, 2.05) is 39.0 Å². The Morgan fingerprint density at radius 1 is 1.12 bits per heavy atom. The van der Waals surface area contributed by atoms with Crippen LogP contribution in [0.2, 0.25) is 0 Å². The summed E-state index contributed by atoms with van der Waals surface area (Å²) in [4.78, 5) is 24.3. The minimum atomic E-state index is -0.357. The monoisotopic (exact) mass is 582 g/mol. The van der Waals surface area contributed by atoms with Gasteiger partial charge >= 0.3 is 0 Å². The molecule has 42 heavy (non-hydrogen) atoms. The molecular weight excluding hydrogens is 539 g/mol. The number of pyridine rings is 3. The quantitative estimate of drug-likeness (QED) is 0.183. The van der Waals surface area contributed by atoms with Gasteiger partial charge in [0.05, 0.1) is 48.3 Å². The zero-order valence-electron chi connectivity index (χ0n) is 24.9. The summed E-state index contributed by atoms with van der Waals surface area (Å²) < 4.78 is 32.7. The fourth-order valence-corrected chi connectivity index (χ4v) is 5.62. The molecule has 2 saturated heterocycles. The van der Waals surface area contributed by atoms with Gasteiger partial charge in [-0.2, -0.15) is 0 Å². The van der Waals surface area contributed by atoms with E-state index >= 15 is 0 Å². The van der Waals surface area contributed by atoms with Gasteiger partial charge in [0.1, 0.15) is 5.82 Å². The van der Waals surface area contributed by atoms with Crippen molar-refractivity contribution in [3.05, 3.63) is 47.5 Å². The van der Waals surface area contributed by atoms with Crippen LogP contribution in [0, 0.1) is 5.82 Å². The van der Waals surface area contributed by atoms with Crippen LogP contribution in [-0.4, -0.2) is 58.9 Å². The number of aryl methyl sites for hydroxylation is 1. The summed E-state index contributed by atoms with van der Waals surface area (Å²) in [5.41, 5.74) is 7.68. The average molecular weight is 583 g/mol. The molecule has 3 aliphatic rings. The van der Waals surface area contributed by atoms with Crippen LogP contribution < -0.4 is 25.8 Å². The minimum absolute atomic E-state index is 0.133. The van der Waals surface area contributed by atoms with Crippen LogP contribution in [0.15, 0.2) is 30.5 Å². The number of aromatic nitrogens is 3. The summed E-state index contributed by atoms with van der Waals surface area (Å²) in [5.74, 6) is 1.05. The standard InChI is InChI=1S/C29H37FN6O4.C2H6/c1-2-38-24-6-4-20(35-27(24)33-19-37)16-34-28-10-12-29(13-11-28,40-18-28)9-8-21-22(30)17-32-23-5-7-25(36-26(21)23)39-15-3-14-31;1-2/h4-7,17,19,34H,2-3,8-16,18,31H2,1H3,(H,33,35,37);1-2H3. The molecule has 3 aromatic heterocycles. The summed E-state index contributed by atoms with van der Waals surface area (Å²) in [6.45, 7) is 8.50. The molecule has 1 amide bonds. The van der Waals surface area contributed by atoms with E-state index in [2.05, 4.69) is 25.6 Å². The van der Waals surface area contributed by atoms with Gasteiger partial charge in [0.2, 0.25) is 12.3 Å². The smallest absolute Gasteiger partial charge is 0.213 e. The predicted molar refractivity (Wildman–Crippen MR) is 160 cm³/mol. The molecule has 2 aliphatic heterocycles. The van der Waals surface area contributed by atoms with Crippen LogP contribution in [0.5, 0.6) is 11.6 Å². The van der Waals surface area contributed by atoms with Gasteiger partial charge in [-0.1, -0.05) is 13.8 Å². The molecule has 11 heteroatoms. The van der Waals surface area contributed by atoms with Crippen molar-refractivity contribution in [3.63, 3.8) is 0 Å². The van der Waals surface area contributed by atoms with E-state index in [1.165, 1.54) is 6.20 Å². The Morgan fingerprint density at radius 3 is 2.62 bits per heavy atom. The average Bonchev–Trinajstić information content (AvgIpc) is 3.03. The molecular formula is C31H43FN6O4. The van der Waals surface area contributed by atoms with Crippen molar-refractivity contribution >= 4 is 23.3 Å². The van der Waals surface area contributed by atoms with Crippen molar-refractivity contribution < 1.29 is 23.4 Å². The molecule has 0 unspecified atom stereocenters. The van der Waals surface area contributed by atoms with Gasteiger partial charge in [0, 0.05) is 23.7 Å². The van der Waals surface area contributed by atoms with Crippen LogP contribution in [0.4, 0.5) is 10.2 Å². The first-order valence-electron chi connectivity index (χ1n) is 15.0. The Labute approximate surface area is 246 Å². The Bertz CT molecular complexity index is 1320. The number of nitrogens with one attached hydrogen (secondary N) is 2. The maximum atomic E-state index is 15.0. The number of carbonyl (C=O) groups is 1. The molecule has 1 aliphatic carbocycles. The number of nitrogens with zero attached hydrogens (tertiary/aromatic N) is 3. The highest BCUT2D eigenvalue weighted by Gasteiger charge is 2.49. The molecule has 3 fully saturated rings. The van der Waals surface area contributed by atoms with Gasteiger partial charge in [-0.25, -0.2) is 14.4 Å². The number of carbonyl (C=O) groups excluding carboxylic acids is 1. The molecule has 1 saturated carbocycles. The number of halogens is 1. The van der Waals surface area contributed by atoms with Crippen LogP contribution in [0.1, 0.15) is 70.6 Å². The second kappa shape index (κ2) is 14.7. The minimum Gasteiger partial charge on any atom is -0.490 e. The largest absolute Gasteiger partial charge is 0.490 e. The lowest BCUT2D eigenvalue weighted by Crippen LogP contribution is -2.61. The number of hydrogen-bond acceptors (Lipinski definition) is 9. The zero-order chi connectivity index (χ0) is 30.0. The van der Waals surface area contributed by atoms with Crippen molar-refractivity contribution in [1.29, 1.82) is 0 Å². The van der Waals surface area contributed by atoms with E-state index in [-0.39, 0.29) is 17.0 Å². The number of fused-ring (bicyclic) bond motifs is 4.